The molecule has 8 heteroatoms. The van der Waals surface area contributed by atoms with Gasteiger partial charge < -0.3 is 14.8 Å². The molecule has 2 aliphatic heterocycles. The summed E-state index contributed by atoms with van der Waals surface area (Å²) in [6, 6.07) is 5.80. The van der Waals surface area contributed by atoms with E-state index in [-0.39, 0.29) is 23.3 Å². The molecule has 0 radical (unpaired) electrons. The standard InChI is InChI=1S/C18H28N2O4S.ClH/c1-4-23-17-9-8-16(12-18(17)24-5-2)25(21,22)20(3)15-10-13-6-7-14(11-15)19-13;/h8-9,12-15,19H,4-7,10-11H2,1-3H3;1H. The fourth-order valence-electron chi connectivity index (χ4n) is 3.88. The van der Waals surface area contributed by atoms with Crippen LogP contribution in [0.15, 0.2) is 23.1 Å². The molecule has 26 heavy (non-hydrogen) atoms. The molecule has 1 aromatic rings. The maximum Gasteiger partial charge on any atom is 0.243 e. The van der Waals surface area contributed by atoms with E-state index in [0.29, 0.717) is 36.8 Å². The smallest absolute Gasteiger partial charge is 0.243 e. The quantitative estimate of drug-likeness (QED) is 0.756. The average molecular weight is 405 g/mol. The Bertz CT molecular complexity index is 701. The monoisotopic (exact) mass is 404 g/mol. The van der Waals surface area contributed by atoms with Crippen LogP contribution in [0.5, 0.6) is 11.5 Å². The van der Waals surface area contributed by atoms with Crippen LogP contribution in [0.3, 0.4) is 0 Å². The summed E-state index contributed by atoms with van der Waals surface area (Å²) < 4.78 is 38.9. The van der Waals surface area contributed by atoms with E-state index < -0.39 is 10.0 Å². The van der Waals surface area contributed by atoms with E-state index in [2.05, 4.69) is 5.32 Å². The zero-order valence-electron chi connectivity index (χ0n) is 15.6. The third-order valence-electron chi connectivity index (χ3n) is 5.15. The van der Waals surface area contributed by atoms with Crippen LogP contribution >= 0.6 is 12.4 Å². The zero-order valence-corrected chi connectivity index (χ0v) is 17.2. The lowest BCUT2D eigenvalue weighted by Crippen LogP contribution is -2.48. The summed E-state index contributed by atoms with van der Waals surface area (Å²) in [6.45, 7) is 4.72. The molecule has 0 saturated carbocycles. The van der Waals surface area contributed by atoms with Crippen LogP contribution in [-0.2, 0) is 10.0 Å². The second kappa shape index (κ2) is 8.78. The van der Waals surface area contributed by atoms with Crippen molar-refractivity contribution in [2.75, 3.05) is 20.3 Å². The predicted molar refractivity (Wildman–Crippen MR) is 104 cm³/mol. The van der Waals surface area contributed by atoms with Crippen molar-refractivity contribution in [2.45, 2.75) is 62.6 Å². The van der Waals surface area contributed by atoms with Crippen LogP contribution in [-0.4, -0.2) is 51.1 Å². The minimum Gasteiger partial charge on any atom is -0.490 e. The summed E-state index contributed by atoms with van der Waals surface area (Å²) in [7, 11) is -1.86. The molecule has 2 unspecified atom stereocenters. The minimum absolute atomic E-state index is 0. The molecule has 148 valence electrons. The Hall–Kier alpha value is -1.02. The molecule has 3 rings (SSSR count). The number of piperidine rings is 1. The summed E-state index contributed by atoms with van der Waals surface area (Å²) in [6.07, 6.45) is 4.04. The van der Waals surface area contributed by atoms with E-state index in [4.69, 9.17) is 9.47 Å². The number of hydrogen-bond acceptors (Lipinski definition) is 5. The van der Waals surface area contributed by atoms with Crippen LogP contribution in [0.2, 0.25) is 0 Å². The molecule has 1 aromatic carbocycles. The van der Waals surface area contributed by atoms with E-state index in [1.54, 1.807) is 29.6 Å². The molecule has 0 aliphatic carbocycles. The Balaban J connectivity index is 0.00000243. The molecule has 0 spiro atoms. The fourth-order valence-corrected chi connectivity index (χ4v) is 5.27. The first-order chi connectivity index (χ1) is 12.0. The fraction of sp³-hybridized carbons (Fsp3) is 0.667. The molecule has 2 heterocycles. The molecule has 0 aromatic heterocycles. The molecule has 2 atom stereocenters. The molecule has 2 saturated heterocycles. The van der Waals surface area contributed by atoms with Crippen LogP contribution in [0.4, 0.5) is 0 Å². The van der Waals surface area contributed by atoms with Crippen LogP contribution in [0.1, 0.15) is 39.5 Å². The summed E-state index contributed by atoms with van der Waals surface area (Å²) in [5.74, 6) is 1.05. The lowest BCUT2D eigenvalue weighted by atomic mass is 10.0. The molecule has 0 amide bonds. The van der Waals surface area contributed by atoms with Crippen molar-refractivity contribution in [1.29, 1.82) is 0 Å². The van der Waals surface area contributed by atoms with Crippen molar-refractivity contribution in [3.8, 4) is 11.5 Å². The normalized spacial score (nSPS) is 25.0. The Kier molecular flexibility index (Phi) is 7.19. The van der Waals surface area contributed by atoms with E-state index in [0.717, 1.165) is 25.7 Å². The van der Waals surface area contributed by atoms with Crippen molar-refractivity contribution in [2.24, 2.45) is 0 Å². The number of benzene rings is 1. The maximum atomic E-state index is 13.1. The molecule has 2 fully saturated rings. The van der Waals surface area contributed by atoms with Gasteiger partial charge in [0.25, 0.3) is 0 Å². The van der Waals surface area contributed by atoms with Gasteiger partial charge in [0.1, 0.15) is 0 Å². The summed E-state index contributed by atoms with van der Waals surface area (Å²) in [5, 5.41) is 3.56. The highest BCUT2D eigenvalue weighted by atomic mass is 35.5. The second-order valence-electron chi connectivity index (χ2n) is 6.76. The largest absolute Gasteiger partial charge is 0.490 e. The number of rotatable bonds is 7. The van der Waals surface area contributed by atoms with Gasteiger partial charge in [0.2, 0.25) is 10.0 Å². The number of fused-ring (bicyclic) bond motifs is 2. The second-order valence-corrected chi connectivity index (χ2v) is 8.76. The maximum absolute atomic E-state index is 13.1. The van der Waals surface area contributed by atoms with Crippen LogP contribution < -0.4 is 14.8 Å². The van der Waals surface area contributed by atoms with E-state index in [9.17, 15) is 8.42 Å². The van der Waals surface area contributed by atoms with E-state index in [1.165, 1.54) is 0 Å². The van der Waals surface area contributed by atoms with Gasteiger partial charge in [-0.2, -0.15) is 4.31 Å². The summed E-state index contributed by atoms with van der Waals surface area (Å²) >= 11 is 0. The van der Waals surface area contributed by atoms with Gasteiger partial charge in [-0.25, -0.2) is 8.42 Å². The summed E-state index contributed by atoms with van der Waals surface area (Å²) in [5.41, 5.74) is 0. The predicted octanol–water partition coefficient (Wildman–Crippen LogP) is 2.81. The highest BCUT2D eigenvalue weighted by Crippen LogP contribution is 2.34. The third kappa shape index (κ3) is 4.27. The minimum atomic E-state index is -3.56. The molecular formula is C18H29ClN2O4S. The number of halogens is 1. The first-order valence-electron chi connectivity index (χ1n) is 9.09. The van der Waals surface area contributed by atoms with Gasteiger partial charge in [-0.15, -0.1) is 12.4 Å². The molecule has 1 N–H and O–H groups in total. The van der Waals surface area contributed by atoms with Gasteiger partial charge in [0, 0.05) is 31.2 Å². The third-order valence-corrected chi connectivity index (χ3v) is 7.06. The van der Waals surface area contributed by atoms with Crippen LogP contribution in [0, 0.1) is 0 Å². The van der Waals surface area contributed by atoms with Crippen molar-refractivity contribution >= 4 is 22.4 Å². The highest BCUT2D eigenvalue weighted by molar-refractivity contribution is 7.89. The zero-order chi connectivity index (χ0) is 18.0. The van der Waals surface area contributed by atoms with Gasteiger partial charge in [-0.05, 0) is 51.7 Å². The van der Waals surface area contributed by atoms with Crippen LogP contribution in [0.25, 0.3) is 0 Å². The highest BCUT2D eigenvalue weighted by Gasteiger charge is 2.39. The van der Waals surface area contributed by atoms with Gasteiger partial charge in [0.15, 0.2) is 11.5 Å². The SMILES string of the molecule is CCOc1ccc(S(=O)(=O)N(C)C2CC3CCC(C2)N3)cc1OCC.Cl. The van der Waals surface area contributed by atoms with E-state index in [1.807, 2.05) is 13.8 Å². The van der Waals surface area contributed by atoms with Crippen molar-refractivity contribution < 1.29 is 17.9 Å². The first-order valence-corrected chi connectivity index (χ1v) is 10.5. The number of ether oxygens (including phenoxy) is 2. The van der Waals surface area contributed by atoms with Gasteiger partial charge in [0.05, 0.1) is 18.1 Å². The number of sulfonamides is 1. The Labute approximate surface area is 162 Å². The Morgan fingerprint density at radius 3 is 2.23 bits per heavy atom. The van der Waals surface area contributed by atoms with Gasteiger partial charge in [-0.3, -0.25) is 0 Å². The van der Waals surface area contributed by atoms with Gasteiger partial charge >= 0.3 is 0 Å². The number of hydrogen-bond donors (Lipinski definition) is 1. The van der Waals surface area contributed by atoms with Crippen molar-refractivity contribution in [3.63, 3.8) is 0 Å². The molecule has 2 aliphatic rings. The number of nitrogens with one attached hydrogen (secondary N) is 1. The number of nitrogens with zero attached hydrogens (tertiary/aromatic N) is 1. The molecule has 6 nitrogen and oxygen atoms in total. The average Bonchev–Trinajstić information content (AvgIpc) is 2.94. The lowest BCUT2D eigenvalue weighted by Gasteiger charge is -2.34. The van der Waals surface area contributed by atoms with Gasteiger partial charge in [-0.1, -0.05) is 0 Å². The summed E-state index contributed by atoms with van der Waals surface area (Å²) in [4.78, 5) is 0.257. The first kappa shape index (κ1) is 21.3. The molecule has 2 bridgehead atoms. The van der Waals surface area contributed by atoms with E-state index >= 15 is 0 Å². The Morgan fingerprint density at radius 1 is 1.08 bits per heavy atom. The Morgan fingerprint density at radius 2 is 1.65 bits per heavy atom. The molecular weight excluding hydrogens is 376 g/mol. The van der Waals surface area contributed by atoms with Crippen molar-refractivity contribution in [3.05, 3.63) is 18.2 Å². The van der Waals surface area contributed by atoms with Crippen molar-refractivity contribution in [1.82, 2.24) is 9.62 Å². The topological polar surface area (TPSA) is 67.9 Å². The lowest BCUT2D eigenvalue weighted by molar-refractivity contribution is 0.251.